The Morgan fingerprint density at radius 3 is 2.84 bits per heavy atom. The number of hydrogen-bond donors (Lipinski definition) is 3. The molecule has 3 N–H and O–H groups in total. The molecule has 106 valence electrons. The highest BCUT2D eigenvalue weighted by atomic mass is 16.5. The number of rotatable bonds is 8. The molecule has 0 aliphatic heterocycles. The van der Waals surface area contributed by atoms with Gasteiger partial charge < -0.3 is 20.3 Å². The van der Waals surface area contributed by atoms with Crippen molar-refractivity contribution >= 4 is 11.8 Å². The predicted molar refractivity (Wildman–Crippen MR) is 69.1 cm³/mol. The lowest BCUT2D eigenvalue weighted by atomic mass is 9.99. The molecule has 1 rings (SSSR count). The van der Waals surface area contributed by atoms with Crippen LogP contribution in [0.5, 0.6) is 5.88 Å². The highest BCUT2D eigenvalue weighted by Gasteiger charge is 2.23. The summed E-state index contributed by atoms with van der Waals surface area (Å²) in [5.74, 6) is -0.394. The molecule has 1 aromatic rings. The van der Waals surface area contributed by atoms with Crippen molar-refractivity contribution in [3.05, 3.63) is 12.4 Å². The van der Waals surface area contributed by atoms with Crippen LogP contribution in [0.1, 0.15) is 20.3 Å². The second-order valence-electron chi connectivity index (χ2n) is 4.16. The molecule has 1 aromatic heterocycles. The van der Waals surface area contributed by atoms with Gasteiger partial charge >= 0.3 is 5.97 Å². The minimum absolute atomic E-state index is 0.0404. The number of carbonyl (C=O) groups is 1. The van der Waals surface area contributed by atoms with E-state index in [2.05, 4.69) is 15.3 Å². The van der Waals surface area contributed by atoms with Crippen LogP contribution < -0.4 is 10.1 Å². The summed E-state index contributed by atoms with van der Waals surface area (Å²) in [4.78, 5) is 19.2. The van der Waals surface area contributed by atoms with Gasteiger partial charge in [-0.05, 0) is 5.92 Å². The lowest BCUT2D eigenvalue weighted by molar-refractivity contribution is -0.139. The number of nitrogens with one attached hydrogen (secondary N) is 1. The van der Waals surface area contributed by atoms with Gasteiger partial charge in [0.15, 0.2) is 0 Å². The van der Waals surface area contributed by atoms with Crippen molar-refractivity contribution in [2.45, 2.75) is 26.3 Å². The fourth-order valence-corrected chi connectivity index (χ4v) is 1.48. The van der Waals surface area contributed by atoms with Crippen molar-refractivity contribution in [2.24, 2.45) is 5.92 Å². The molecule has 0 amide bonds. The lowest BCUT2D eigenvalue weighted by Gasteiger charge is -2.20. The van der Waals surface area contributed by atoms with E-state index in [1.807, 2.05) is 13.8 Å². The highest BCUT2D eigenvalue weighted by Crippen LogP contribution is 2.15. The summed E-state index contributed by atoms with van der Waals surface area (Å²) in [6.07, 6.45) is 3.57. The first-order chi connectivity index (χ1) is 9.08. The van der Waals surface area contributed by atoms with Gasteiger partial charge in [0.05, 0.1) is 19.0 Å². The number of carboxylic acid groups (broad SMARTS) is 1. The molecule has 2 atom stereocenters. The van der Waals surface area contributed by atoms with Crippen LogP contribution in [0.3, 0.4) is 0 Å². The number of aliphatic carboxylic acids is 1. The summed E-state index contributed by atoms with van der Waals surface area (Å²) in [5, 5.41) is 20.7. The normalized spacial score (nSPS) is 13.6. The van der Waals surface area contributed by atoms with E-state index in [0.717, 1.165) is 6.42 Å². The first-order valence-electron chi connectivity index (χ1n) is 6.13. The molecule has 0 saturated heterocycles. The van der Waals surface area contributed by atoms with Crippen molar-refractivity contribution in [3.8, 4) is 5.88 Å². The zero-order valence-corrected chi connectivity index (χ0v) is 11.0. The van der Waals surface area contributed by atoms with Crippen molar-refractivity contribution < 1.29 is 19.7 Å². The fourth-order valence-electron chi connectivity index (χ4n) is 1.48. The Bertz CT molecular complexity index is 414. The summed E-state index contributed by atoms with van der Waals surface area (Å²) in [5.41, 5.74) is 0. The van der Waals surface area contributed by atoms with Gasteiger partial charge in [0.1, 0.15) is 18.5 Å². The third kappa shape index (κ3) is 4.70. The quantitative estimate of drug-likeness (QED) is 0.639. The molecule has 1 heterocycles. The number of nitrogens with zero attached hydrogens (tertiary/aromatic N) is 2. The molecule has 19 heavy (non-hydrogen) atoms. The molecular weight excluding hydrogens is 250 g/mol. The zero-order chi connectivity index (χ0) is 14.3. The van der Waals surface area contributed by atoms with Gasteiger partial charge in [-0.25, -0.2) is 4.79 Å². The summed E-state index contributed by atoms with van der Waals surface area (Å²) < 4.78 is 5.11. The van der Waals surface area contributed by atoms with Gasteiger partial charge in [-0.2, -0.15) is 4.98 Å². The Labute approximate surface area is 111 Å². The van der Waals surface area contributed by atoms with Gasteiger partial charge in [0.2, 0.25) is 5.88 Å². The number of ether oxygens (including phenoxy) is 1. The Balaban J connectivity index is 2.76. The Morgan fingerprint density at radius 1 is 1.53 bits per heavy atom. The molecule has 0 radical (unpaired) electrons. The number of aliphatic hydroxyl groups is 1. The van der Waals surface area contributed by atoms with Crippen LogP contribution in [0.15, 0.2) is 12.4 Å². The molecular formula is C12H19N3O4. The average molecular weight is 269 g/mol. The van der Waals surface area contributed by atoms with Crippen LogP contribution in [0.4, 0.5) is 5.82 Å². The number of anilines is 1. The molecule has 0 aromatic carbocycles. The second-order valence-corrected chi connectivity index (χ2v) is 4.16. The van der Waals surface area contributed by atoms with Crippen molar-refractivity contribution in [1.29, 1.82) is 0 Å². The summed E-state index contributed by atoms with van der Waals surface area (Å²) in [6, 6.07) is -0.729. The first-order valence-corrected chi connectivity index (χ1v) is 6.13. The van der Waals surface area contributed by atoms with Gasteiger partial charge in [0, 0.05) is 0 Å². The van der Waals surface area contributed by atoms with Crippen molar-refractivity contribution in [2.75, 3.05) is 18.5 Å². The average Bonchev–Trinajstić information content (AvgIpc) is 2.42. The van der Waals surface area contributed by atoms with E-state index in [1.54, 1.807) is 0 Å². The standard InChI is InChI=1S/C12H19N3O4/c1-3-8(2)11(12(17)18)15-9-6-13-7-10(14-9)19-5-4-16/h6-8,11,16H,3-5H2,1-2H3,(H,14,15)(H,17,18)/t8-,11-/m0/s1. The zero-order valence-electron chi connectivity index (χ0n) is 11.0. The van der Waals surface area contributed by atoms with Crippen molar-refractivity contribution in [3.63, 3.8) is 0 Å². The van der Waals surface area contributed by atoms with E-state index >= 15 is 0 Å². The summed E-state index contributed by atoms with van der Waals surface area (Å²) >= 11 is 0. The largest absolute Gasteiger partial charge is 0.480 e. The minimum atomic E-state index is -0.933. The first kappa shape index (κ1) is 15.2. The third-order valence-electron chi connectivity index (χ3n) is 2.74. The third-order valence-corrected chi connectivity index (χ3v) is 2.74. The van der Waals surface area contributed by atoms with Crippen LogP contribution >= 0.6 is 0 Å². The predicted octanol–water partition coefficient (Wildman–Crippen LogP) is 0.759. The van der Waals surface area contributed by atoms with Crippen LogP contribution in [0.25, 0.3) is 0 Å². The molecule has 7 heteroatoms. The number of carboxylic acids is 1. The SMILES string of the molecule is CC[C@H](C)[C@H](Nc1cncc(OCCO)n1)C(=O)O. The molecule has 0 unspecified atom stereocenters. The molecule has 7 nitrogen and oxygen atoms in total. The number of hydrogen-bond acceptors (Lipinski definition) is 6. The summed E-state index contributed by atoms with van der Waals surface area (Å²) in [7, 11) is 0. The van der Waals surface area contributed by atoms with Gasteiger partial charge in [-0.1, -0.05) is 20.3 Å². The summed E-state index contributed by atoms with van der Waals surface area (Å²) in [6.45, 7) is 3.77. The van der Waals surface area contributed by atoms with Crippen LogP contribution in [-0.2, 0) is 4.79 Å². The Hall–Kier alpha value is -1.89. The molecule has 0 aliphatic rings. The smallest absolute Gasteiger partial charge is 0.326 e. The second kappa shape index (κ2) is 7.52. The van der Waals surface area contributed by atoms with Gasteiger partial charge in [-0.15, -0.1) is 0 Å². The van der Waals surface area contributed by atoms with Crippen LogP contribution in [0, 0.1) is 5.92 Å². The number of aliphatic hydroxyl groups excluding tert-OH is 1. The van der Waals surface area contributed by atoms with E-state index in [1.165, 1.54) is 12.4 Å². The van der Waals surface area contributed by atoms with E-state index in [-0.39, 0.29) is 25.0 Å². The molecule has 0 spiro atoms. The van der Waals surface area contributed by atoms with Crippen LogP contribution in [-0.4, -0.2) is 45.4 Å². The fraction of sp³-hybridized carbons (Fsp3) is 0.583. The van der Waals surface area contributed by atoms with E-state index in [4.69, 9.17) is 9.84 Å². The number of aromatic nitrogens is 2. The van der Waals surface area contributed by atoms with Crippen molar-refractivity contribution in [1.82, 2.24) is 9.97 Å². The Kier molecular flexibility index (Phi) is 6.01. The van der Waals surface area contributed by atoms with E-state index in [9.17, 15) is 9.90 Å². The monoisotopic (exact) mass is 269 g/mol. The van der Waals surface area contributed by atoms with Gasteiger partial charge in [-0.3, -0.25) is 4.98 Å². The molecule has 0 fully saturated rings. The maximum atomic E-state index is 11.2. The van der Waals surface area contributed by atoms with Crippen LogP contribution in [0.2, 0.25) is 0 Å². The molecule has 0 aliphatic carbocycles. The lowest BCUT2D eigenvalue weighted by Crippen LogP contribution is -2.35. The topological polar surface area (TPSA) is 105 Å². The maximum Gasteiger partial charge on any atom is 0.326 e. The molecule has 0 saturated carbocycles. The molecule has 0 bridgehead atoms. The van der Waals surface area contributed by atoms with E-state index < -0.39 is 12.0 Å². The minimum Gasteiger partial charge on any atom is -0.480 e. The Morgan fingerprint density at radius 2 is 2.26 bits per heavy atom. The van der Waals surface area contributed by atoms with Gasteiger partial charge in [0.25, 0.3) is 0 Å². The highest BCUT2D eigenvalue weighted by molar-refractivity contribution is 5.77. The van der Waals surface area contributed by atoms with E-state index in [0.29, 0.717) is 5.82 Å². The maximum absolute atomic E-state index is 11.2.